The largest absolute Gasteiger partial charge is 0.352 e. The standard InChI is InChI=1S/C27H26FN5O2/c1-32-17-20(16-30-32)26(34)29-15-18-10-12-33(13-11-18)27(35)23-14-25(19-6-8-21(28)9-7-19)31-24-5-3-2-4-22(23)24/h2-9,14,16-18H,10-13,15H2,1H3,(H,29,34). The summed E-state index contributed by atoms with van der Waals surface area (Å²) in [4.78, 5) is 32.4. The fraction of sp³-hybridized carbons (Fsp3) is 0.259. The number of benzene rings is 2. The molecule has 1 saturated heterocycles. The van der Waals surface area contributed by atoms with Gasteiger partial charge in [-0.1, -0.05) is 18.2 Å². The fourth-order valence-electron chi connectivity index (χ4n) is 4.51. The van der Waals surface area contributed by atoms with Crippen LogP contribution in [-0.4, -0.2) is 51.1 Å². The Morgan fingerprint density at radius 2 is 1.83 bits per heavy atom. The molecular formula is C27H26FN5O2. The van der Waals surface area contributed by atoms with Gasteiger partial charge in [-0.2, -0.15) is 5.10 Å². The predicted octanol–water partition coefficient (Wildman–Crippen LogP) is 4.06. The van der Waals surface area contributed by atoms with E-state index in [1.807, 2.05) is 29.2 Å². The number of carbonyl (C=O) groups excluding carboxylic acids is 2. The Morgan fingerprint density at radius 1 is 1.09 bits per heavy atom. The molecule has 35 heavy (non-hydrogen) atoms. The number of para-hydroxylation sites is 1. The van der Waals surface area contributed by atoms with Crippen LogP contribution in [0.2, 0.25) is 0 Å². The summed E-state index contributed by atoms with van der Waals surface area (Å²) in [5, 5.41) is 7.81. The number of halogens is 1. The zero-order valence-corrected chi connectivity index (χ0v) is 19.4. The summed E-state index contributed by atoms with van der Waals surface area (Å²) < 4.78 is 15.0. The van der Waals surface area contributed by atoms with Crippen molar-refractivity contribution < 1.29 is 14.0 Å². The first kappa shape index (κ1) is 22.7. The van der Waals surface area contributed by atoms with E-state index in [9.17, 15) is 14.0 Å². The van der Waals surface area contributed by atoms with Crippen LogP contribution in [0.25, 0.3) is 22.2 Å². The molecule has 0 aliphatic carbocycles. The van der Waals surface area contributed by atoms with E-state index in [2.05, 4.69) is 10.4 Å². The van der Waals surface area contributed by atoms with Gasteiger partial charge in [-0.05, 0) is 55.2 Å². The molecular weight excluding hydrogens is 445 g/mol. The molecule has 2 amide bonds. The van der Waals surface area contributed by atoms with Gasteiger partial charge in [0.25, 0.3) is 11.8 Å². The SMILES string of the molecule is Cn1cc(C(=O)NCC2CCN(C(=O)c3cc(-c4ccc(F)cc4)nc4ccccc34)CC2)cn1. The van der Waals surface area contributed by atoms with E-state index in [-0.39, 0.29) is 17.6 Å². The molecule has 0 radical (unpaired) electrons. The van der Waals surface area contributed by atoms with Crippen LogP contribution >= 0.6 is 0 Å². The smallest absolute Gasteiger partial charge is 0.254 e. The van der Waals surface area contributed by atoms with E-state index in [1.165, 1.54) is 12.1 Å². The number of fused-ring (bicyclic) bond motifs is 1. The number of pyridine rings is 1. The number of likely N-dealkylation sites (tertiary alicyclic amines) is 1. The van der Waals surface area contributed by atoms with Gasteiger partial charge in [-0.15, -0.1) is 0 Å². The van der Waals surface area contributed by atoms with Crippen LogP contribution in [-0.2, 0) is 7.05 Å². The molecule has 2 aromatic carbocycles. The number of amides is 2. The molecule has 1 fully saturated rings. The van der Waals surface area contributed by atoms with Crippen LogP contribution < -0.4 is 5.32 Å². The maximum absolute atomic E-state index is 13.6. The van der Waals surface area contributed by atoms with E-state index in [0.717, 1.165) is 29.3 Å². The predicted molar refractivity (Wildman–Crippen MR) is 131 cm³/mol. The van der Waals surface area contributed by atoms with Crippen LogP contribution in [0.4, 0.5) is 4.39 Å². The lowest BCUT2D eigenvalue weighted by Crippen LogP contribution is -2.41. The minimum Gasteiger partial charge on any atom is -0.352 e. The second-order valence-electron chi connectivity index (χ2n) is 8.93. The van der Waals surface area contributed by atoms with Gasteiger partial charge in [-0.3, -0.25) is 14.3 Å². The Morgan fingerprint density at radius 3 is 2.54 bits per heavy atom. The zero-order chi connectivity index (χ0) is 24.4. The van der Waals surface area contributed by atoms with E-state index in [0.29, 0.717) is 42.4 Å². The van der Waals surface area contributed by atoms with Gasteiger partial charge >= 0.3 is 0 Å². The number of piperidine rings is 1. The Balaban J connectivity index is 1.29. The highest BCUT2D eigenvalue weighted by atomic mass is 19.1. The Hall–Kier alpha value is -4.07. The summed E-state index contributed by atoms with van der Waals surface area (Å²) in [6.45, 7) is 1.81. The van der Waals surface area contributed by atoms with E-state index >= 15 is 0 Å². The average Bonchev–Trinajstić information content (AvgIpc) is 3.33. The Kier molecular flexibility index (Phi) is 6.27. The first-order valence-corrected chi connectivity index (χ1v) is 11.7. The lowest BCUT2D eigenvalue weighted by atomic mass is 9.95. The summed E-state index contributed by atoms with van der Waals surface area (Å²) in [6.07, 6.45) is 4.87. The topological polar surface area (TPSA) is 80.1 Å². The van der Waals surface area contributed by atoms with Crippen molar-refractivity contribution in [2.75, 3.05) is 19.6 Å². The van der Waals surface area contributed by atoms with Gasteiger partial charge in [0, 0.05) is 43.8 Å². The first-order chi connectivity index (χ1) is 17.0. The van der Waals surface area contributed by atoms with Gasteiger partial charge in [0.05, 0.1) is 28.5 Å². The summed E-state index contributed by atoms with van der Waals surface area (Å²) in [5.74, 6) is -0.174. The number of rotatable bonds is 5. The second-order valence-corrected chi connectivity index (χ2v) is 8.93. The molecule has 8 heteroatoms. The molecule has 2 aromatic heterocycles. The minimum atomic E-state index is -0.315. The van der Waals surface area contributed by atoms with E-state index < -0.39 is 0 Å². The summed E-state index contributed by atoms with van der Waals surface area (Å²) in [5.41, 5.74) is 3.26. The maximum atomic E-state index is 13.6. The van der Waals surface area contributed by atoms with E-state index in [4.69, 9.17) is 4.98 Å². The third kappa shape index (κ3) is 4.91. The highest BCUT2D eigenvalue weighted by Gasteiger charge is 2.26. The molecule has 7 nitrogen and oxygen atoms in total. The van der Waals surface area contributed by atoms with Crippen molar-refractivity contribution in [2.45, 2.75) is 12.8 Å². The first-order valence-electron chi connectivity index (χ1n) is 11.7. The van der Waals surface area contributed by atoms with E-state index in [1.54, 1.807) is 42.3 Å². The van der Waals surface area contributed by atoms with Crippen molar-refractivity contribution in [3.63, 3.8) is 0 Å². The highest BCUT2D eigenvalue weighted by Crippen LogP contribution is 2.27. The molecule has 3 heterocycles. The van der Waals surface area contributed by atoms with Crippen molar-refractivity contribution in [3.05, 3.63) is 83.9 Å². The summed E-state index contributed by atoms with van der Waals surface area (Å²) in [6, 6.07) is 15.5. The monoisotopic (exact) mass is 471 g/mol. The third-order valence-electron chi connectivity index (χ3n) is 6.51. The highest BCUT2D eigenvalue weighted by molar-refractivity contribution is 6.07. The van der Waals surface area contributed by atoms with Gasteiger partial charge in [-0.25, -0.2) is 9.37 Å². The van der Waals surface area contributed by atoms with Crippen molar-refractivity contribution in [1.29, 1.82) is 0 Å². The van der Waals surface area contributed by atoms with Crippen molar-refractivity contribution >= 4 is 22.7 Å². The molecule has 0 saturated carbocycles. The van der Waals surface area contributed by atoms with Gasteiger partial charge < -0.3 is 10.2 Å². The lowest BCUT2D eigenvalue weighted by molar-refractivity contribution is 0.0686. The number of carbonyl (C=O) groups is 2. The molecule has 1 aliphatic heterocycles. The van der Waals surface area contributed by atoms with Gasteiger partial charge in [0.1, 0.15) is 5.82 Å². The molecule has 1 aliphatic rings. The van der Waals surface area contributed by atoms with Gasteiger partial charge in [0.15, 0.2) is 0 Å². The minimum absolute atomic E-state index is 0.0372. The van der Waals surface area contributed by atoms with Crippen LogP contribution in [0.3, 0.4) is 0 Å². The Labute approximate surface area is 202 Å². The quantitative estimate of drug-likeness (QED) is 0.476. The number of hydrogen-bond acceptors (Lipinski definition) is 4. The van der Waals surface area contributed by atoms with Crippen LogP contribution in [0.1, 0.15) is 33.6 Å². The summed E-state index contributed by atoms with van der Waals surface area (Å²) in [7, 11) is 1.78. The van der Waals surface area contributed by atoms with Crippen molar-refractivity contribution in [2.24, 2.45) is 13.0 Å². The maximum Gasteiger partial charge on any atom is 0.254 e. The van der Waals surface area contributed by atoms with Crippen LogP contribution in [0.5, 0.6) is 0 Å². The molecule has 178 valence electrons. The fourth-order valence-corrected chi connectivity index (χ4v) is 4.51. The number of nitrogens with one attached hydrogen (secondary N) is 1. The van der Waals surface area contributed by atoms with Gasteiger partial charge in [0.2, 0.25) is 0 Å². The molecule has 0 unspecified atom stereocenters. The lowest BCUT2D eigenvalue weighted by Gasteiger charge is -2.32. The number of aryl methyl sites for hydroxylation is 1. The number of aromatic nitrogens is 3. The zero-order valence-electron chi connectivity index (χ0n) is 19.4. The number of hydrogen-bond donors (Lipinski definition) is 1. The average molecular weight is 472 g/mol. The molecule has 1 N–H and O–H groups in total. The summed E-state index contributed by atoms with van der Waals surface area (Å²) >= 11 is 0. The normalized spacial score (nSPS) is 14.3. The van der Waals surface area contributed by atoms with Crippen LogP contribution in [0, 0.1) is 11.7 Å². The third-order valence-corrected chi connectivity index (χ3v) is 6.51. The molecule has 4 aromatic rings. The Bertz CT molecular complexity index is 1370. The van der Waals surface area contributed by atoms with Crippen LogP contribution in [0.15, 0.2) is 67.0 Å². The molecule has 0 atom stereocenters. The molecule has 5 rings (SSSR count). The van der Waals surface area contributed by atoms with Crippen molar-refractivity contribution in [1.82, 2.24) is 25.0 Å². The van der Waals surface area contributed by atoms with Crippen molar-refractivity contribution in [3.8, 4) is 11.3 Å². The number of nitrogens with zero attached hydrogens (tertiary/aromatic N) is 4. The second kappa shape index (κ2) is 9.66. The molecule has 0 spiro atoms. The molecule has 0 bridgehead atoms.